The van der Waals surface area contributed by atoms with Crippen LogP contribution in [0.3, 0.4) is 0 Å². The van der Waals surface area contributed by atoms with Crippen LogP contribution in [0.5, 0.6) is 0 Å². The second kappa shape index (κ2) is 6.38. The molecular formula is C21H21N3O6. The first-order valence-electron chi connectivity index (χ1n) is 10.1. The number of hydrogen-bond donors (Lipinski definition) is 2. The third-order valence-corrected chi connectivity index (χ3v) is 6.93. The van der Waals surface area contributed by atoms with Crippen LogP contribution in [0.1, 0.15) is 52.8 Å². The molecule has 1 atom stereocenters. The molecule has 9 heteroatoms. The fourth-order valence-corrected chi connectivity index (χ4v) is 5.30. The SMILES string of the molecule is O=C1CCC(N2C(=O)c3ccc(N4CCC5(CC(C(=O)O)C5)C4)cc3C2=O)C(=O)N1. The lowest BCUT2D eigenvalue weighted by Crippen LogP contribution is -2.54. The van der Waals surface area contributed by atoms with Crippen molar-refractivity contribution in [2.75, 3.05) is 18.0 Å². The Morgan fingerprint density at radius 3 is 2.53 bits per heavy atom. The van der Waals surface area contributed by atoms with E-state index in [1.165, 1.54) is 0 Å². The molecule has 4 amide bonds. The van der Waals surface area contributed by atoms with E-state index in [9.17, 15) is 24.0 Å². The molecule has 1 unspecified atom stereocenters. The molecule has 4 aliphatic rings. The van der Waals surface area contributed by atoms with E-state index < -0.39 is 35.6 Å². The summed E-state index contributed by atoms with van der Waals surface area (Å²) < 4.78 is 0. The highest BCUT2D eigenvalue weighted by molar-refractivity contribution is 6.23. The standard InChI is InChI=1S/C21H21N3O6/c25-16-4-3-15(17(26)22-16)24-18(27)13-2-1-12(7-14(13)19(24)28)23-6-5-21(10-23)8-11(9-21)20(29)30/h1-2,7,11,15H,3-6,8-10H2,(H,29,30)(H,22,25,26). The van der Waals surface area contributed by atoms with Gasteiger partial charge in [0.2, 0.25) is 11.8 Å². The number of carboxylic acids is 1. The zero-order valence-electron chi connectivity index (χ0n) is 16.2. The molecule has 1 aromatic rings. The van der Waals surface area contributed by atoms with Gasteiger partial charge in [-0.15, -0.1) is 0 Å². The number of hydrogen-bond acceptors (Lipinski definition) is 6. The van der Waals surface area contributed by atoms with E-state index in [1.54, 1.807) is 18.2 Å². The van der Waals surface area contributed by atoms with Gasteiger partial charge < -0.3 is 10.0 Å². The van der Waals surface area contributed by atoms with Crippen LogP contribution < -0.4 is 10.2 Å². The minimum atomic E-state index is -0.975. The normalized spacial score (nSPS) is 30.5. The van der Waals surface area contributed by atoms with Gasteiger partial charge in [0.25, 0.3) is 11.8 Å². The molecule has 30 heavy (non-hydrogen) atoms. The number of rotatable bonds is 3. The quantitative estimate of drug-likeness (QED) is 0.704. The highest BCUT2D eigenvalue weighted by Crippen LogP contribution is 2.52. The number of nitrogens with zero attached hydrogens (tertiary/aromatic N) is 2. The Labute approximate surface area is 172 Å². The van der Waals surface area contributed by atoms with Crippen LogP contribution in [-0.2, 0) is 14.4 Å². The Balaban J connectivity index is 1.35. The summed E-state index contributed by atoms with van der Waals surface area (Å²) in [6.07, 6.45) is 2.46. The van der Waals surface area contributed by atoms with E-state index in [4.69, 9.17) is 5.11 Å². The molecular weight excluding hydrogens is 390 g/mol. The third-order valence-electron chi connectivity index (χ3n) is 6.93. The molecule has 9 nitrogen and oxygen atoms in total. The zero-order chi connectivity index (χ0) is 21.2. The number of carboxylic acid groups (broad SMARTS) is 1. The van der Waals surface area contributed by atoms with E-state index in [-0.39, 0.29) is 35.3 Å². The van der Waals surface area contributed by atoms with E-state index in [0.29, 0.717) is 12.8 Å². The fraction of sp³-hybridized carbons (Fsp3) is 0.476. The molecule has 5 rings (SSSR count). The Hall–Kier alpha value is -3.23. The van der Waals surface area contributed by atoms with Gasteiger partial charge in [0.05, 0.1) is 17.0 Å². The molecule has 3 aliphatic heterocycles. The van der Waals surface area contributed by atoms with Crippen LogP contribution in [0, 0.1) is 11.3 Å². The molecule has 3 fully saturated rings. The highest BCUT2D eigenvalue weighted by Gasteiger charge is 2.51. The minimum absolute atomic E-state index is 0.0145. The number of aliphatic carboxylic acids is 1. The topological polar surface area (TPSA) is 124 Å². The van der Waals surface area contributed by atoms with Crippen LogP contribution in [0.25, 0.3) is 0 Å². The molecule has 2 saturated heterocycles. The van der Waals surface area contributed by atoms with Gasteiger partial charge in [-0.25, -0.2) is 0 Å². The van der Waals surface area contributed by atoms with Gasteiger partial charge in [0, 0.05) is 25.2 Å². The summed E-state index contributed by atoms with van der Waals surface area (Å²) in [6, 6.07) is 4.12. The lowest BCUT2D eigenvalue weighted by atomic mass is 9.61. The summed E-state index contributed by atoms with van der Waals surface area (Å²) in [5, 5.41) is 11.3. The Morgan fingerprint density at radius 1 is 1.10 bits per heavy atom. The molecule has 156 valence electrons. The Kier molecular flexibility index (Phi) is 4.00. The molecule has 1 saturated carbocycles. The van der Waals surface area contributed by atoms with Crippen molar-refractivity contribution in [1.29, 1.82) is 0 Å². The molecule has 1 aliphatic carbocycles. The van der Waals surface area contributed by atoms with Crippen molar-refractivity contribution in [2.24, 2.45) is 11.3 Å². The number of carbonyl (C=O) groups is 5. The number of nitrogens with one attached hydrogen (secondary N) is 1. The van der Waals surface area contributed by atoms with Crippen molar-refractivity contribution in [3.63, 3.8) is 0 Å². The second-order valence-electron chi connectivity index (χ2n) is 8.79. The first-order chi connectivity index (χ1) is 14.3. The van der Waals surface area contributed by atoms with Gasteiger partial charge in [-0.05, 0) is 49.3 Å². The average molecular weight is 411 g/mol. The Bertz CT molecular complexity index is 1010. The first-order valence-corrected chi connectivity index (χ1v) is 10.1. The largest absolute Gasteiger partial charge is 0.481 e. The number of piperidine rings is 1. The maximum atomic E-state index is 13.0. The molecule has 1 spiro atoms. The highest BCUT2D eigenvalue weighted by atomic mass is 16.4. The van der Waals surface area contributed by atoms with Gasteiger partial charge in [0.15, 0.2) is 0 Å². The molecule has 0 radical (unpaired) electrons. The molecule has 0 bridgehead atoms. The number of fused-ring (bicyclic) bond motifs is 1. The van der Waals surface area contributed by atoms with Gasteiger partial charge in [-0.1, -0.05) is 0 Å². The summed E-state index contributed by atoms with van der Waals surface area (Å²) >= 11 is 0. The first kappa shape index (κ1) is 18.8. The molecule has 2 N–H and O–H groups in total. The van der Waals surface area contributed by atoms with E-state index >= 15 is 0 Å². The van der Waals surface area contributed by atoms with Crippen LogP contribution >= 0.6 is 0 Å². The number of amides is 4. The van der Waals surface area contributed by atoms with Gasteiger partial charge >= 0.3 is 5.97 Å². The summed E-state index contributed by atoms with van der Waals surface area (Å²) in [5.41, 5.74) is 1.36. The van der Waals surface area contributed by atoms with Crippen molar-refractivity contribution in [3.8, 4) is 0 Å². The summed E-state index contributed by atoms with van der Waals surface area (Å²) in [5.74, 6) is -3.08. The van der Waals surface area contributed by atoms with Crippen LogP contribution in [-0.4, -0.2) is 58.7 Å². The van der Waals surface area contributed by atoms with Gasteiger partial charge in [-0.3, -0.25) is 34.2 Å². The minimum Gasteiger partial charge on any atom is -0.481 e. The summed E-state index contributed by atoms with van der Waals surface area (Å²) in [6.45, 7) is 1.50. The number of anilines is 1. The van der Waals surface area contributed by atoms with E-state index in [1.807, 2.05) is 0 Å². The second-order valence-corrected chi connectivity index (χ2v) is 8.79. The lowest BCUT2D eigenvalue weighted by Gasteiger charge is -2.43. The number of carbonyl (C=O) groups excluding carboxylic acids is 4. The van der Waals surface area contributed by atoms with Gasteiger partial charge in [0.1, 0.15) is 6.04 Å². The average Bonchev–Trinajstić information content (AvgIpc) is 3.22. The smallest absolute Gasteiger partial charge is 0.306 e. The van der Waals surface area contributed by atoms with Crippen molar-refractivity contribution < 1.29 is 29.1 Å². The summed E-state index contributed by atoms with van der Waals surface area (Å²) in [4.78, 5) is 63.5. The monoisotopic (exact) mass is 411 g/mol. The van der Waals surface area contributed by atoms with Crippen molar-refractivity contribution in [2.45, 2.75) is 38.1 Å². The summed E-state index contributed by atoms with van der Waals surface area (Å²) in [7, 11) is 0. The molecule has 1 aromatic carbocycles. The zero-order valence-corrected chi connectivity index (χ0v) is 16.2. The van der Waals surface area contributed by atoms with E-state index in [0.717, 1.165) is 30.1 Å². The van der Waals surface area contributed by atoms with Crippen LogP contribution in [0.2, 0.25) is 0 Å². The predicted octanol–water partition coefficient (Wildman–Crippen LogP) is 0.779. The van der Waals surface area contributed by atoms with Gasteiger partial charge in [-0.2, -0.15) is 0 Å². The fourth-order valence-electron chi connectivity index (χ4n) is 5.30. The third kappa shape index (κ3) is 2.72. The molecule has 3 heterocycles. The van der Waals surface area contributed by atoms with E-state index in [2.05, 4.69) is 10.2 Å². The van der Waals surface area contributed by atoms with Crippen molar-refractivity contribution in [3.05, 3.63) is 29.3 Å². The predicted molar refractivity (Wildman–Crippen MR) is 103 cm³/mol. The van der Waals surface area contributed by atoms with Crippen molar-refractivity contribution in [1.82, 2.24) is 10.2 Å². The van der Waals surface area contributed by atoms with Crippen LogP contribution in [0.4, 0.5) is 5.69 Å². The number of benzene rings is 1. The maximum absolute atomic E-state index is 13.0. The lowest BCUT2D eigenvalue weighted by molar-refractivity contribution is -0.149. The Morgan fingerprint density at radius 2 is 1.83 bits per heavy atom. The van der Waals surface area contributed by atoms with Crippen LogP contribution in [0.15, 0.2) is 18.2 Å². The van der Waals surface area contributed by atoms with Crippen molar-refractivity contribution >= 4 is 35.3 Å². The number of imide groups is 2. The molecule has 0 aromatic heterocycles. The maximum Gasteiger partial charge on any atom is 0.306 e.